The number of nitrogens with one attached hydrogen (secondary N) is 1. The van der Waals surface area contributed by atoms with Gasteiger partial charge >= 0.3 is 0 Å². The van der Waals surface area contributed by atoms with Crippen LogP contribution in [0, 0.1) is 17.1 Å². The van der Waals surface area contributed by atoms with Crippen LogP contribution in [0.15, 0.2) is 47.4 Å². The minimum atomic E-state index is -4.06. The number of hydrogen-bond donors (Lipinski definition) is 1. The van der Waals surface area contributed by atoms with Crippen molar-refractivity contribution in [2.45, 2.75) is 17.9 Å². The molecule has 2 aromatic carbocycles. The van der Waals surface area contributed by atoms with Crippen molar-refractivity contribution in [1.82, 2.24) is 4.31 Å². The molecular formula is C20H20FN3O5S. The highest BCUT2D eigenvalue weighted by Gasteiger charge is 2.29. The van der Waals surface area contributed by atoms with Crippen LogP contribution in [0.1, 0.15) is 12.5 Å². The van der Waals surface area contributed by atoms with E-state index in [1.54, 1.807) is 18.2 Å². The van der Waals surface area contributed by atoms with Gasteiger partial charge in [0.25, 0.3) is 5.91 Å². The number of carbonyl (C=O) groups is 1. The molecule has 0 saturated carbocycles. The van der Waals surface area contributed by atoms with Crippen LogP contribution in [0.25, 0.3) is 0 Å². The summed E-state index contributed by atoms with van der Waals surface area (Å²) in [6.45, 7) is 2.23. The number of hydrogen-bond acceptors (Lipinski definition) is 6. The highest BCUT2D eigenvalue weighted by Crippen LogP contribution is 2.24. The number of ether oxygens (including phenoxy) is 2. The van der Waals surface area contributed by atoms with Crippen molar-refractivity contribution >= 4 is 21.6 Å². The van der Waals surface area contributed by atoms with Crippen molar-refractivity contribution in [2.24, 2.45) is 0 Å². The van der Waals surface area contributed by atoms with Gasteiger partial charge in [0.2, 0.25) is 10.0 Å². The summed E-state index contributed by atoms with van der Waals surface area (Å²) in [5.41, 5.74) is 0.506. The van der Waals surface area contributed by atoms with Crippen LogP contribution in [-0.4, -0.2) is 51.0 Å². The number of sulfonamides is 1. The van der Waals surface area contributed by atoms with Crippen LogP contribution in [0.2, 0.25) is 0 Å². The van der Waals surface area contributed by atoms with Gasteiger partial charge in [0.15, 0.2) is 6.10 Å². The molecule has 0 bridgehead atoms. The number of nitrogens with zero attached hydrogens (tertiary/aromatic N) is 2. The molecule has 1 fully saturated rings. The Morgan fingerprint density at radius 2 is 2.00 bits per heavy atom. The smallest absolute Gasteiger partial charge is 0.265 e. The lowest BCUT2D eigenvalue weighted by Crippen LogP contribution is -2.41. The zero-order chi connectivity index (χ0) is 21.7. The highest BCUT2D eigenvalue weighted by atomic mass is 32.2. The first kappa shape index (κ1) is 21.7. The van der Waals surface area contributed by atoms with Gasteiger partial charge in [-0.3, -0.25) is 4.79 Å². The van der Waals surface area contributed by atoms with E-state index in [1.165, 1.54) is 19.1 Å². The summed E-state index contributed by atoms with van der Waals surface area (Å²) in [6.07, 6.45) is -0.941. The van der Waals surface area contributed by atoms with Gasteiger partial charge in [0.1, 0.15) is 16.5 Å². The summed E-state index contributed by atoms with van der Waals surface area (Å²) in [4.78, 5) is 11.9. The first-order valence-corrected chi connectivity index (χ1v) is 10.6. The Morgan fingerprint density at radius 1 is 1.27 bits per heavy atom. The summed E-state index contributed by atoms with van der Waals surface area (Å²) in [7, 11) is -4.06. The average Bonchev–Trinajstić information content (AvgIpc) is 2.75. The second-order valence-corrected chi connectivity index (χ2v) is 8.46. The van der Waals surface area contributed by atoms with Crippen molar-refractivity contribution in [3.63, 3.8) is 0 Å². The SMILES string of the molecule is CC(Oc1cccc(C#N)c1)C(=O)Nc1ccc(F)c(S(=O)(=O)N2CCOCC2)c1. The van der Waals surface area contributed by atoms with Crippen LogP contribution in [0.3, 0.4) is 0 Å². The Kier molecular flexibility index (Phi) is 6.66. The maximum absolute atomic E-state index is 14.3. The standard InChI is InChI=1S/C20H20FN3O5S/c1-14(29-17-4-2-3-15(11-17)13-22)20(25)23-16-5-6-18(21)19(12-16)30(26,27)24-7-9-28-10-8-24/h2-6,11-12,14H,7-10H2,1H3,(H,23,25). The highest BCUT2D eigenvalue weighted by molar-refractivity contribution is 7.89. The molecule has 0 aromatic heterocycles. The Morgan fingerprint density at radius 3 is 2.70 bits per heavy atom. The maximum atomic E-state index is 14.3. The van der Waals surface area contributed by atoms with Crippen LogP contribution in [-0.2, 0) is 19.6 Å². The first-order valence-electron chi connectivity index (χ1n) is 9.16. The van der Waals surface area contributed by atoms with E-state index >= 15 is 0 Å². The lowest BCUT2D eigenvalue weighted by atomic mass is 10.2. The Balaban J connectivity index is 1.74. The summed E-state index contributed by atoms with van der Waals surface area (Å²) < 4.78 is 51.6. The molecule has 1 aliphatic rings. The topological polar surface area (TPSA) is 109 Å². The molecule has 8 nitrogen and oxygen atoms in total. The lowest BCUT2D eigenvalue weighted by Gasteiger charge is -2.26. The fourth-order valence-electron chi connectivity index (χ4n) is 2.85. The van der Waals surface area contributed by atoms with E-state index in [4.69, 9.17) is 14.7 Å². The van der Waals surface area contributed by atoms with Gasteiger partial charge in [-0.25, -0.2) is 12.8 Å². The van der Waals surface area contributed by atoms with Gasteiger partial charge in [0, 0.05) is 18.8 Å². The second kappa shape index (κ2) is 9.21. The van der Waals surface area contributed by atoms with E-state index in [0.29, 0.717) is 11.3 Å². The van der Waals surface area contributed by atoms with Crippen molar-refractivity contribution in [3.8, 4) is 11.8 Å². The largest absolute Gasteiger partial charge is 0.481 e. The fourth-order valence-corrected chi connectivity index (χ4v) is 4.34. The van der Waals surface area contributed by atoms with E-state index in [9.17, 15) is 17.6 Å². The number of morpholine rings is 1. The number of anilines is 1. The third kappa shape index (κ3) is 4.94. The van der Waals surface area contributed by atoms with Crippen molar-refractivity contribution in [1.29, 1.82) is 5.26 Å². The Hall–Kier alpha value is -3.00. The number of benzene rings is 2. The van der Waals surface area contributed by atoms with E-state index in [0.717, 1.165) is 16.4 Å². The van der Waals surface area contributed by atoms with Gasteiger partial charge < -0.3 is 14.8 Å². The Bertz CT molecular complexity index is 1080. The summed E-state index contributed by atoms with van der Waals surface area (Å²) in [5, 5.41) is 11.5. The normalized spacial score (nSPS) is 15.8. The third-order valence-corrected chi connectivity index (χ3v) is 6.35. The van der Waals surface area contributed by atoms with Crippen LogP contribution < -0.4 is 10.1 Å². The molecule has 1 aliphatic heterocycles. The molecule has 1 atom stereocenters. The van der Waals surface area contributed by atoms with E-state index < -0.39 is 32.7 Å². The molecule has 1 unspecified atom stereocenters. The van der Waals surface area contributed by atoms with Crippen LogP contribution >= 0.6 is 0 Å². The zero-order valence-electron chi connectivity index (χ0n) is 16.2. The number of rotatable bonds is 6. The monoisotopic (exact) mass is 433 g/mol. The van der Waals surface area contributed by atoms with Gasteiger partial charge in [-0.05, 0) is 43.3 Å². The molecule has 1 saturated heterocycles. The molecular weight excluding hydrogens is 413 g/mol. The molecule has 1 heterocycles. The molecule has 3 rings (SSSR count). The molecule has 10 heteroatoms. The first-order chi connectivity index (χ1) is 14.3. The summed E-state index contributed by atoms with van der Waals surface area (Å²) in [6, 6.07) is 11.7. The van der Waals surface area contributed by atoms with Crippen molar-refractivity contribution in [3.05, 3.63) is 53.8 Å². The zero-order valence-corrected chi connectivity index (χ0v) is 17.0. The van der Waals surface area contributed by atoms with Gasteiger partial charge in [-0.15, -0.1) is 0 Å². The van der Waals surface area contributed by atoms with Crippen molar-refractivity contribution in [2.75, 3.05) is 31.6 Å². The maximum Gasteiger partial charge on any atom is 0.265 e. The van der Waals surface area contributed by atoms with E-state index in [1.807, 2.05) is 6.07 Å². The molecule has 0 spiro atoms. The second-order valence-electron chi connectivity index (χ2n) is 6.55. The average molecular weight is 433 g/mol. The number of carbonyl (C=O) groups excluding carboxylic acids is 1. The van der Waals surface area contributed by atoms with Crippen LogP contribution in [0.5, 0.6) is 5.75 Å². The van der Waals surface area contributed by atoms with E-state index in [2.05, 4.69) is 5.32 Å². The minimum absolute atomic E-state index is 0.120. The van der Waals surface area contributed by atoms with Crippen molar-refractivity contribution < 1.29 is 27.1 Å². The summed E-state index contributed by atoms with van der Waals surface area (Å²) >= 11 is 0. The van der Waals surface area contributed by atoms with Gasteiger partial charge in [0.05, 0.1) is 24.8 Å². The molecule has 30 heavy (non-hydrogen) atoms. The minimum Gasteiger partial charge on any atom is -0.481 e. The quantitative estimate of drug-likeness (QED) is 0.748. The van der Waals surface area contributed by atoms with Gasteiger partial charge in [-0.2, -0.15) is 9.57 Å². The fraction of sp³-hybridized carbons (Fsp3) is 0.300. The molecule has 0 radical (unpaired) electrons. The predicted octanol–water partition coefficient (Wildman–Crippen LogP) is 2.12. The predicted molar refractivity (Wildman–Crippen MR) is 106 cm³/mol. The molecule has 158 valence electrons. The molecule has 1 amide bonds. The van der Waals surface area contributed by atoms with E-state index in [-0.39, 0.29) is 32.0 Å². The Labute approximate surface area is 173 Å². The number of amides is 1. The molecule has 1 N–H and O–H groups in total. The molecule has 2 aromatic rings. The lowest BCUT2D eigenvalue weighted by molar-refractivity contribution is -0.122. The number of nitriles is 1. The van der Waals surface area contributed by atoms with Crippen LogP contribution in [0.4, 0.5) is 10.1 Å². The molecule has 0 aliphatic carbocycles. The third-order valence-electron chi connectivity index (χ3n) is 4.43. The number of halogens is 1. The van der Waals surface area contributed by atoms with Gasteiger partial charge in [-0.1, -0.05) is 6.07 Å². The summed E-state index contributed by atoms with van der Waals surface area (Å²) in [5.74, 6) is -1.12.